The predicted molar refractivity (Wildman–Crippen MR) is 111 cm³/mol. The lowest BCUT2D eigenvalue weighted by Crippen LogP contribution is -2.54. The highest BCUT2D eigenvalue weighted by Crippen LogP contribution is 2.54. The molecule has 0 saturated carbocycles. The molecule has 1 amide bonds. The molecule has 0 spiro atoms. The number of pyridine rings is 2. The summed E-state index contributed by atoms with van der Waals surface area (Å²) >= 11 is 6.02. The first-order valence-corrected chi connectivity index (χ1v) is 9.62. The number of carboxylic acid groups (broad SMARTS) is 1. The topological polar surface area (TPSA) is 83.4 Å². The minimum Gasteiger partial charge on any atom is -0.481 e. The van der Waals surface area contributed by atoms with Crippen LogP contribution in [0.25, 0.3) is 11.0 Å². The number of hydrogen-bond acceptors (Lipinski definition) is 4. The Morgan fingerprint density at radius 2 is 1.79 bits per heavy atom. The number of halogens is 1. The highest BCUT2D eigenvalue weighted by molar-refractivity contribution is 6.29. The first-order chi connectivity index (χ1) is 13.6. The third kappa shape index (κ3) is 2.86. The van der Waals surface area contributed by atoms with E-state index in [1.807, 2.05) is 39.0 Å². The van der Waals surface area contributed by atoms with E-state index in [1.54, 1.807) is 30.3 Å². The fraction of sp³-hybridized carbons (Fsp3) is 0.273. The van der Waals surface area contributed by atoms with Crippen molar-refractivity contribution in [3.63, 3.8) is 0 Å². The van der Waals surface area contributed by atoms with Crippen molar-refractivity contribution in [1.82, 2.24) is 9.97 Å². The third-order valence-corrected chi connectivity index (χ3v) is 5.78. The van der Waals surface area contributed by atoms with E-state index in [1.165, 1.54) is 4.90 Å². The van der Waals surface area contributed by atoms with Gasteiger partial charge in [-0.25, -0.2) is 9.97 Å². The summed E-state index contributed by atoms with van der Waals surface area (Å²) in [7, 11) is 0. The molecule has 0 saturated heterocycles. The van der Waals surface area contributed by atoms with Crippen LogP contribution in [0.1, 0.15) is 43.1 Å². The van der Waals surface area contributed by atoms with Gasteiger partial charge in [0, 0.05) is 10.9 Å². The van der Waals surface area contributed by atoms with Crippen molar-refractivity contribution in [2.45, 2.75) is 32.7 Å². The Kier molecular flexibility index (Phi) is 4.35. The summed E-state index contributed by atoms with van der Waals surface area (Å²) in [6.07, 6.45) is -0.248. The minimum atomic E-state index is -1.11. The largest absolute Gasteiger partial charge is 0.481 e. The van der Waals surface area contributed by atoms with Crippen LogP contribution in [0.5, 0.6) is 0 Å². The molecule has 0 aliphatic carbocycles. The molecule has 4 rings (SSSR count). The summed E-state index contributed by atoms with van der Waals surface area (Å²) in [4.78, 5) is 35.8. The predicted octanol–water partition coefficient (Wildman–Crippen LogP) is 4.66. The number of fused-ring (bicyclic) bond motifs is 2. The van der Waals surface area contributed by atoms with Crippen molar-refractivity contribution in [1.29, 1.82) is 0 Å². The van der Waals surface area contributed by atoms with Crippen molar-refractivity contribution >= 4 is 40.3 Å². The number of hydrogen-bond donors (Lipinski definition) is 1. The van der Waals surface area contributed by atoms with Crippen LogP contribution in [-0.4, -0.2) is 27.0 Å². The second-order valence-electron chi connectivity index (χ2n) is 8.22. The van der Waals surface area contributed by atoms with E-state index < -0.39 is 16.9 Å². The summed E-state index contributed by atoms with van der Waals surface area (Å²) in [5, 5.41) is 10.9. The molecular formula is C22H20ClN3O3. The lowest BCUT2D eigenvalue weighted by atomic mass is 9.67. The normalized spacial score (nSPS) is 18.9. The van der Waals surface area contributed by atoms with Gasteiger partial charge in [-0.3, -0.25) is 14.5 Å². The first kappa shape index (κ1) is 19.3. The number of amides is 1. The molecule has 3 heterocycles. The van der Waals surface area contributed by atoms with Crippen LogP contribution in [0.15, 0.2) is 48.5 Å². The second kappa shape index (κ2) is 6.52. The Morgan fingerprint density at radius 3 is 2.48 bits per heavy atom. The smallest absolute Gasteiger partial charge is 0.306 e. The van der Waals surface area contributed by atoms with Crippen molar-refractivity contribution in [2.24, 2.45) is 5.41 Å². The molecular weight excluding hydrogens is 390 g/mol. The molecule has 148 valence electrons. The maximum atomic E-state index is 13.5. The summed E-state index contributed by atoms with van der Waals surface area (Å²) in [6, 6.07) is 14.2. The number of carbonyl (C=O) groups excluding carboxylic acids is 1. The van der Waals surface area contributed by atoms with E-state index in [4.69, 9.17) is 11.6 Å². The number of aliphatic carboxylic acids is 1. The zero-order valence-electron chi connectivity index (χ0n) is 16.3. The van der Waals surface area contributed by atoms with E-state index >= 15 is 0 Å². The van der Waals surface area contributed by atoms with Gasteiger partial charge in [0.15, 0.2) is 5.65 Å². The summed E-state index contributed by atoms with van der Waals surface area (Å²) in [6.45, 7) is 5.82. The van der Waals surface area contributed by atoms with E-state index in [2.05, 4.69) is 9.97 Å². The standard InChI is InChI=1S/C22H20ClN3O3/c1-21(2,3)22(12-18(27)28)15-7-5-4-6-14(15)20(29)26(22)17-11-9-13-8-10-16(23)24-19(13)25-17/h4-11H,12H2,1-3H3,(H,27,28). The van der Waals surface area contributed by atoms with Gasteiger partial charge in [-0.2, -0.15) is 0 Å². The lowest BCUT2D eigenvalue weighted by molar-refractivity contribution is -0.139. The number of benzene rings is 1. The number of carboxylic acids is 1. The van der Waals surface area contributed by atoms with Gasteiger partial charge in [-0.15, -0.1) is 0 Å². The molecule has 1 unspecified atom stereocenters. The van der Waals surface area contributed by atoms with E-state index in [0.717, 1.165) is 5.39 Å². The van der Waals surface area contributed by atoms with Gasteiger partial charge < -0.3 is 5.11 Å². The van der Waals surface area contributed by atoms with Gasteiger partial charge in [0.25, 0.3) is 5.91 Å². The molecule has 1 aliphatic heterocycles. The van der Waals surface area contributed by atoms with Gasteiger partial charge in [-0.1, -0.05) is 50.6 Å². The average molecular weight is 410 g/mol. The van der Waals surface area contributed by atoms with E-state index in [-0.39, 0.29) is 12.3 Å². The average Bonchev–Trinajstić information content (AvgIpc) is 2.90. The van der Waals surface area contributed by atoms with Gasteiger partial charge in [0.05, 0.1) is 12.0 Å². The molecule has 1 N–H and O–H groups in total. The van der Waals surface area contributed by atoms with E-state index in [0.29, 0.717) is 27.7 Å². The van der Waals surface area contributed by atoms with Crippen molar-refractivity contribution in [3.05, 3.63) is 64.8 Å². The molecule has 1 aromatic carbocycles. The molecule has 1 aliphatic rings. The SMILES string of the molecule is CC(C)(C)C1(CC(=O)O)c2ccccc2C(=O)N1c1ccc2ccc(Cl)nc2n1. The van der Waals surface area contributed by atoms with Crippen LogP contribution >= 0.6 is 11.6 Å². The zero-order valence-corrected chi connectivity index (χ0v) is 17.1. The quantitative estimate of drug-likeness (QED) is 0.636. The minimum absolute atomic E-state index is 0.248. The number of nitrogens with zero attached hydrogens (tertiary/aromatic N) is 3. The summed E-state index contributed by atoms with van der Waals surface area (Å²) in [5.41, 5.74) is -0.111. The van der Waals surface area contributed by atoms with Gasteiger partial charge >= 0.3 is 5.97 Å². The number of carbonyl (C=O) groups is 2. The molecule has 0 bridgehead atoms. The number of rotatable bonds is 3. The molecule has 7 heteroatoms. The first-order valence-electron chi connectivity index (χ1n) is 9.24. The van der Waals surface area contributed by atoms with Gasteiger partial charge in [0.2, 0.25) is 0 Å². The van der Waals surface area contributed by atoms with Crippen LogP contribution in [0, 0.1) is 5.41 Å². The maximum absolute atomic E-state index is 13.5. The highest BCUT2D eigenvalue weighted by Gasteiger charge is 2.58. The van der Waals surface area contributed by atoms with Crippen molar-refractivity contribution in [2.75, 3.05) is 4.90 Å². The fourth-order valence-electron chi connectivity index (χ4n) is 4.23. The molecule has 0 fully saturated rings. The Hall–Kier alpha value is -2.99. The molecule has 2 aromatic heterocycles. The third-order valence-electron chi connectivity index (χ3n) is 5.57. The molecule has 29 heavy (non-hydrogen) atoms. The van der Waals surface area contributed by atoms with Gasteiger partial charge in [0.1, 0.15) is 11.0 Å². The van der Waals surface area contributed by atoms with Crippen molar-refractivity contribution in [3.8, 4) is 0 Å². The van der Waals surface area contributed by atoms with Crippen LogP contribution in [0.3, 0.4) is 0 Å². The zero-order chi connectivity index (χ0) is 21.0. The van der Waals surface area contributed by atoms with Crippen LogP contribution < -0.4 is 4.90 Å². The monoisotopic (exact) mass is 409 g/mol. The highest BCUT2D eigenvalue weighted by atomic mass is 35.5. The lowest BCUT2D eigenvalue weighted by Gasteiger charge is -2.47. The fourth-order valence-corrected chi connectivity index (χ4v) is 4.38. The van der Waals surface area contributed by atoms with Crippen LogP contribution in [0.2, 0.25) is 5.15 Å². The molecule has 0 radical (unpaired) electrons. The number of aromatic nitrogens is 2. The Bertz CT molecular complexity index is 1160. The van der Waals surface area contributed by atoms with Gasteiger partial charge in [-0.05, 0) is 41.3 Å². The second-order valence-corrected chi connectivity index (χ2v) is 8.60. The van der Waals surface area contributed by atoms with E-state index in [9.17, 15) is 14.7 Å². The van der Waals surface area contributed by atoms with Crippen LogP contribution in [0.4, 0.5) is 5.82 Å². The van der Waals surface area contributed by atoms with Crippen molar-refractivity contribution < 1.29 is 14.7 Å². The Balaban J connectivity index is 2.02. The Labute approximate surface area is 173 Å². The molecule has 3 aromatic rings. The Morgan fingerprint density at radius 1 is 1.10 bits per heavy atom. The molecule has 6 nitrogen and oxygen atoms in total. The summed E-state index contributed by atoms with van der Waals surface area (Å²) in [5.74, 6) is -0.910. The maximum Gasteiger partial charge on any atom is 0.306 e. The summed E-state index contributed by atoms with van der Waals surface area (Å²) < 4.78 is 0. The molecule has 1 atom stereocenters. The number of anilines is 1. The van der Waals surface area contributed by atoms with Crippen LogP contribution in [-0.2, 0) is 10.3 Å².